The Hall–Kier alpha value is -3.36. The summed E-state index contributed by atoms with van der Waals surface area (Å²) >= 11 is 7.25. The molecular formula is C24H22ClN3O4S. The van der Waals surface area contributed by atoms with Crippen LogP contribution < -0.4 is 10.6 Å². The van der Waals surface area contributed by atoms with E-state index >= 15 is 0 Å². The quantitative estimate of drug-likeness (QED) is 0.424. The van der Waals surface area contributed by atoms with Gasteiger partial charge in [-0.2, -0.15) is 11.8 Å². The number of nitrogens with zero attached hydrogens (tertiary/aromatic N) is 1. The van der Waals surface area contributed by atoms with Crippen LogP contribution in [-0.2, 0) is 20.1 Å². The van der Waals surface area contributed by atoms with Crippen LogP contribution in [0.4, 0.5) is 5.82 Å². The standard InChI is InChI=1S/C24H22ClN3O4S/c25-19-11-12-21(26-13-19)28-22(29)14-32-24(31)20(16-33-15-17-7-3-1-4-8-17)27-23(30)18-9-5-2-6-10-18/h1-13,20H,14-16H2,(H,27,30)(H,26,28,29)/t20-/m0/s1. The number of amides is 2. The Labute approximate surface area is 200 Å². The van der Waals surface area contributed by atoms with Crippen LogP contribution in [0, 0.1) is 0 Å². The molecule has 0 unspecified atom stereocenters. The van der Waals surface area contributed by atoms with Crippen molar-refractivity contribution >= 4 is 47.0 Å². The maximum atomic E-state index is 12.7. The monoisotopic (exact) mass is 483 g/mol. The lowest BCUT2D eigenvalue weighted by Gasteiger charge is -2.17. The molecule has 2 amide bonds. The molecule has 170 valence electrons. The highest BCUT2D eigenvalue weighted by Crippen LogP contribution is 2.14. The van der Waals surface area contributed by atoms with E-state index < -0.39 is 30.4 Å². The predicted octanol–water partition coefficient (Wildman–Crippen LogP) is 3.95. The third-order valence-corrected chi connectivity index (χ3v) is 5.69. The van der Waals surface area contributed by atoms with Gasteiger partial charge in [-0.1, -0.05) is 60.1 Å². The Morgan fingerprint density at radius 3 is 2.33 bits per heavy atom. The smallest absolute Gasteiger partial charge is 0.330 e. The third-order valence-electron chi connectivity index (χ3n) is 4.36. The van der Waals surface area contributed by atoms with E-state index in [0.717, 1.165) is 5.56 Å². The molecule has 0 saturated heterocycles. The van der Waals surface area contributed by atoms with Crippen LogP contribution in [0.15, 0.2) is 79.0 Å². The highest BCUT2D eigenvalue weighted by atomic mass is 35.5. The number of esters is 1. The molecule has 0 bridgehead atoms. The number of nitrogens with one attached hydrogen (secondary N) is 2. The van der Waals surface area contributed by atoms with Crippen molar-refractivity contribution in [1.29, 1.82) is 0 Å². The number of hydrogen-bond donors (Lipinski definition) is 2. The number of rotatable bonds is 10. The summed E-state index contributed by atoms with van der Waals surface area (Å²) < 4.78 is 5.17. The topological polar surface area (TPSA) is 97.4 Å². The van der Waals surface area contributed by atoms with Crippen LogP contribution in [0.25, 0.3) is 0 Å². The average Bonchev–Trinajstić information content (AvgIpc) is 2.84. The number of anilines is 1. The van der Waals surface area contributed by atoms with E-state index in [-0.39, 0.29) is 11.6 Å². The van der Waals surface area contributed by atoms with E-state index in [0.29, 0.717) is 16.3 Å². The van der Waals surface area contributed by atoms with Gasteiger partial charge in [0.1, 0.15) is 11.9 Å². The van der Waals surface area contributed by atoms with Gasteiger partial charge in [-0.05, 0) is 29.8 Å². The number of aromatic nitrogens is 1. The molecule has 0 aliphatic carbocycles. The van der Waals surface area contributed by atoms with E-state index in [1.165, 1.54) is 24.0 Å². The van der Waals surface area contributed by atoms with Crippen LogP contribution in [-0.4, -0.2) is 41.2 Å². The molecule has 3 rings (SSSR count). The summed E-state index contributed by atoms with van der Waals surface area (Å²) in [4.78, 5) is 41.3. The summed E-state index contributed by atoms with van der Waals surface area (Å²) in [6.45, 7) is -0.510. The van der Waals surface area contributed by atoms with Crippen molar-refractivity contribution in [2.24, 2.45) is 0 Å². The van der Waals surface area contributed by atoms with E-state index in [9.17, 15) is 14.4 Å². The second-order valence-corrected chi connectivity index (χ2v) is 8.38. The van der Waals surface area contributed by atoms with Gasteiger partial charge < -0.3 is 15.4 Å². The van der Waals surface area contributed by atoms with Gasteiger partial charge in [-0.15, -0.1) is 0 Å². The number of ether oxygens (including phenoxy) is 1. The van der Waals surface area contributed by atoms with Crippen LogP contribution in [0.3, 0.4) is 0 Å². The van der Waals surface area contributed by atoms with Crippen molar-refractivity contribution in [3.05, 3.63) is 95.1 Å². The highest BCUT2D eigenvalue weighted by molar-refractivity contribution is 7.98. The maximum absolute atomic E-state index is 12.7. The van der Waals surface area contributed by atoms with Gasteiger partial charge in [0.05, 0.1) is 5.02 Å². The second kappa shape index (κ2) is 12.6. The molecule has 3 aromatic rings. The first-order valence-electron chi connectivity index (χ1n) is 10.1. The molecule has 7 nitrogen and oxygen atoms in total. The molecule has 1 atom stereocenters. The van der Waals surface area contributed by atoms with Crippen molar-refractivity contribution in [2.45, 2.75) is 11.8 Å². The zero-order chi connectivity index (χ0) is 23.5. The average molecular weight is 484 g/mol. The Balaban J connectivity index is 1.57. The van der Waals surface area contributed by atoms with Gasteiger partial charge in [0.2, 0.25) is 0 Å². The zero-order valence-corrected chi connectivity index (χ0v) is 19.1. The van der Waals surface area contributed by atoms with Crippen molar-refractivity contribution < 1.29 is 19.1 Å². The first kappa shape index (κ1) is 24.3. The van der Waals surface area contributed by atoms with Crippen molar-refractivity contribution in [3.63, 3.8) is 0 Å². The van der Waals surface area contributed by atoms with Gasteiger partial charge in [0, 0.05) is 23.3 Å². The van der Waals surface area contributed by atoms with Crippen molar-refractivity contribution in [3.8, 4) is 0 Å². The minimum atomic E-state index is -0.923. The third kappa shape index (κ3) is 8.25. The number of halogens is 1. The Bertz CT molecular complexity index is 1070. The molecule has 2 N–H and O–H groups in total. The summed E-state index contributed by atoms with van der Waals surface area (Å²) in [6.07, 6.45) is 1.39. The summed E-state index contributed by atoms with van der Waals surface area (Å²) in [6, 6.07) is 20.5. The first-order chi connectivity index (χ1) is 16.0. The molecule has 1 heterocycles. The number of pyridine rings is 1. The van der Waals surface area contributed by atoms with E-state index in [2.05, 4.69) is 15.6 Å². The number of carbonyl (C=O) groups is 3. The van der Waals surface area contributed by atoms with Crippen LogP contribution in [0.5, 0.6) is 0 Å². The van der Waals surface area contributed by atoms with Gasteiger partial charge in [-0.3, -0.25) is 9.59 Å². The lowest BCUT2D eigenvalue weighted by Crippen LogP contribution is -2.44. The number of benzene rings is 2. The van der Waals surface area contributed by atoms with Gasteiger partial charge in [-0.25, -0.2) is 9.78 Å². The molecule has 2 aromatic carbocycles. The summed E-state index contributed by atoms with van der Waals surface area (Å²) in [5, 5.41) is 5.66. The Morgan fingerprint density at radius 2 is 1.67 bits per heavy atom. The minimum Gasteiger partial charge on any atom is -0.454 e. The molecule has 0 aliphatic rings. The molecule has 33 heavy (non-hydrogen) atoms. The number of hydrogen-bond acceptors (Lipinski definition) is 6. The fourth-order valence-electron chi connectivity index (χ4n) is 2.73. The first-order valence-corrected chi connectivity index (χ1v) is 11.6. The van der Waals surface area contributed by atoms with E-state index in [1.54, 1.807) is 36.4 Å². The summed E-state index contributed by atoms with van der Waals surface area (Å²) in [5.41, 5.74) is 1.52. The normalized spacial score (nSPS) is 11.3. The molecule has 0 fully saturated rings. The number of thioether (sulfide) groups is 1. The van der Waals surface area contributed by atoms with Crippen LogP contribution in [0.1, 0.15) is 15.9 Å². The van der Waals surface area contributed by atoms with E-state index in [1.807, 2.05) is 30.3 Å². The fraction of sp³-hybridized carbons (Fsp3) is 0.167. The molecule has 0 aliphatic heterocycles. The highest BCUT2D eigenvalue weighted by Gasteiger charge is 2.24. The summed E-state index contributed by atoms with van der Waals surface area (Å²) in [5.74, 6) is -0.413. The zero-order valence-electron chi connectivity index (χ0n) is 17.6. The molecule has 0 spiro atoms. The van der Waals surface area contributed by atoms with Crippen LogP contribution >= 0.6 is 23.4 Å². The maximum Gasteiger partial charge on any atom is 0.330 e. The lowest BCUT2D eigenvalue weighted by molar-refractivity contribution is -0.148. The second-order valence-electron chi connectivity index (χ2n) is 6.91. The molecule has 0 saturated carbocycles. The Morgan fingerprint density at radius 1 is 0.970 bits per heavy atom. The summed E-state index contributed by atoms with van der Waals surface area (Å²) in [7, 11) is 0. The van der Waals surface area contributed by atoms with Gasteiger partial charge >= 0.3 is 5.97 Å². The molecule has 0 radical (unpaired) electrons. The largest absolute Gasteiger partial charge is 0.454 e. The van der Waals surface area contributed by atoms with E-state index in [4.69, 9.17) is 16.3 Å². The SMILES string of the molecule is O=C(COC(=O)[C@H](CSCc1ccccc1)NC(=O)c1ccccc1)Nc1ccc(Cl)cn1. The fourth-order valence-corrected chi connectivity index (χ4v) is 3.85. The van der Waals surface area contributed by atoms with Crippen LogP contribution in [0.2, 0.25) is 5.02 Å². The number of carbonyl (C=O) groups excluding carboxylic acids is 3. The Kier molecular flexibility index (Phi) is 9.29. The van der Waals surface area contributed by atoms with Crippen molar-refractivity contribution in [1.82, 2.24) is 10.3 Å². The molecule has 1 aromatic heterocycles. The minimum absolute atomic E-state index is 0.284. The van der Waals surface area contributed by atoms with Gasteiger partial charge in [0.15, 0.2) is 6.61 Å². The predicted molar refractivity (Wildman–Crippen MR) is 129 cm³/mol. The van der Waals surface area contributed by atoms with Gasteiger partial charge in [0.25, 0.3) is 11.8 Å². The molecular weight excluding hydrogens is 462 g/mol. The van der Waals surface area contributed by atoms with Crippen molar-refractivity contribution in [2.75, 3.05) is 17.7 Å². The lowest BCUT2D eigenvalue weighted by atomic mass is 10.2. The molecule has 9 heteroatoms.